The third-order valence-corrected chi connectivity index (χ3v) is 5.30. The Bertz CT molecular complexity index is 660. The van der Waals surface area contributed by atoms with Gasteiger partial charge in [0.25, 0.3) is 0 Å². The summed E-state index contributed by atoms with van der Waals surface area (Å²) >= 11 is 0. The Morgan fingerprint density at radius 3 is 2.61 bits per heavy atom. The molecule has 2 amide bonds. The molecule has 2 rings (SSSR count). The summed E-state index contributed by atoms with van der Waals surface area (Å²) in [6.07, 6.45) is 0.925. The zero-order valence-corrected chi connectivity index (χ0v) is 13.7. The van der Waals surface area contributed by atoms with Crippen molar-refractivity contribution in [1.29, 1.82) is 0 Å². The maximum Gasteiger partial charge on any atom is 0.407 e. The van der Waals surface area contributed by atoms with Crippen molar-refractivity contribution in [3.63, 3.8) is 0 Å². The highest BCUT2D eigenvalue weighted by Gasteiger charge is 2.32. The molecule has 1 aromatic carbocycles. The minimum Gasteiger partial charge on any atom is -0.445 e. The van der Waals surface area contributed by atoms with Crippen LogP contribution < -0.4 is 5.32 Å². The molecule has 7 nitrogen and oxygen atoms in total. The van der Waals surface area contributed by atoms with Gasteiger partial charge >= 0.3 is 6.09 Å². The number of alkyl carbamates (subject to hydrolysis) is 1. The molecule has 0 spiro atoms. The number of ether oxygens (including phenoxy) is 1. The van der Waals surface area contributed by atoms with Crippen molar-refractivity contribution in [1.82, 2.24) is 10.2 Å². The van der Waals surface area contributed by atoms with Gasteiger partial charge in [0, 0.05) is 19.3 Å². The van der Waals surface area contributed by atoms with Crippen LogP contribution >= 0.6 is 0 Å². The fourth-order valence-electron chi connectivity index (χ4n) is 2.34. The smallest absolute Gasteiger partial charge is 0.407 e. The molecule has 23 heavy (non-hydrogen) atoms. The van der Waals surface area contributed by atoms with E-state index < -0.39 is 21.2 Å². The van der Waals surface area contributed by atoms with E-state index in [4.69, 9.17) is 4.74 Å². The lowest BCUT2D eigenvalue weighted by Gasteiger charge is -2.16. The normalized spacial score (nSPS) is 17.8. The molecule has 0 bridgehead atoms. The van der Waals surface area contributed by atoms with Gasteiger partial charge in [0.2, 0.25) is 5.91 Å². The standard InChI is InChI=1S/C15H20N2O5S/c1-23(20,21)13-7-8-17(10-13)14(18)9-16-15(19)22-11-12-5-3-2-4-6-12/h2-6,13H,7-11H2,1H3,(H,16,19). The molecule has 1 unspecified atom stereocenters. The number of hydrogen-bond donors (Lipinski definition) is 1. The van der Waals surface area contributed by atoms with Crippen LogP contribution in [-0.4, -0.2) is 56.5 Å². The van der Waals surface area contributed by atoms with E-state index in [2.05, 4.69) is 5.32 Å². The summed E-state index contributed by atoms with van der Waals surface area (Å²) < 4.78 is 27.9. The summed E-state index contributed by atoms with van der Waals surface area (Å²) in [5.74, 6) is -0.312. The number of rotatable bonds is 5. The number of sulfone groups is 1. The van der Waals surface area contributed by atoms with Crippen molar-refractivity contribution in [3.05, 3.63) is 35.9 Å². The fourth-order valence-corrected chi connectivity index (χ4v) is 3.32. The number of hydrogen-bond acceptors (Lipinski definition) is 5. The first kappa shape index (κ1) is 17.3. The van der Waals surface area contributed by atoms with Gasteiger partial charge in [-0.1, -0.05) is 30.3 Å². The van der Waals surface area contributed by atoms with Crippen LogP contribution in [0.5, 0.6) is 0 Å². The lowest BCUT2D eigenvalue weighted by Crippen LogP contribution is -2.40. The van der Waals surface area contributed by atoms with E-state index in [1.165, 1.54) is 11.2 Å². The van der Waals surface area contributed by atoms with Crippen molar-refractivity contribution in [2.45, 2.75) is 18.3 Å². The molecule has 0 saturated carbocycles. The van der Waals surface area contributed by atoms with Crippen LogP contribution in [-0.2, 0) is 26.0 Å². The molecular weight excluding hydrogens is 320 g/mol. The third-order valence-electron chi connectivity index (χ3n) is 3.70. The molecule has 1 aromatic rings. The molecule has 1 atom stereocenters. The summed E-state index contributed by atoms with van der Waals surface area (Å²) in [4.78, 5) is 25.0. The second-order valence-corrected chi connectivity index (χ2v) is 7.82. The molecule has 1 N–H and O–H groups in total. The van der Waals surface area contributed by atoms with E-state index in [1.54, 1.807) is 0 Å². The Morgan fingerprint density at radius 2 is 2.00 bits per heavy atom. The molecule has 1 aliphatic heterocycles. The number of likely N-dealkylation sites (tertiary alicyclic amines) is 1. The molecule has 8 heteroatoms. The SMILES string of the molecule is CS(=O)(=O)C1CCN(C(=O)CNC(=O)OCc2ccccc2)C1. The van der Waals surface area contributed by atoms with Crippen LogP contribution in [0, 0.1) is 0 Å². The number of amides is 2. The van der Waals surface area contributed by atoms with Gasteiger partial charge in [-0.25, -0.2) is 13.2 Å². The maximum absolute atomic E-state index is 12.0. The molecule has 0 aliphatic carbocycles. The van der Waals surface area contributed by atoms with E-state index in [-0.39, 0.29) is 25.6 Å². The van der Waals surface area contributed by atoms with Crippen LogP contribution in [0.15, 0.2) is 30.3 Å². The topological polar surface area (TPSA) is 92.8 Å². The summed E-state index contributed by atoms with van der Waals surface area (Å²) in [6, 6.07) is 9.20. The van der Waals surface area contributed by atoms with Gasteiger partial charge < -0.3 is 15.0 Å². The summed E-state index contributed by atoms with van der Waals surface area (Å²) in [5.41, 5.74) is 0.851. The Hall–Kier alpha value is -2.09. The predicted octanol–water partition coefficient (Wildman–Crippen LogP) is 0.558. The predicted molar refractivity (Wildman–Crippen MR) is 84.5 cm³/mol. The summed E-state index contributed by atoms with van der Waals surface area (Å²) in [5, 5.41) is 1.86. The largest absolute Gasteiger partial charge is 0.445 e. The van der Waals surface area contributed by atoms with Gasteiger partial charge in [-0.05, 0) is 12.0 Å². The Morgan fingerprint density at radius 1 is 1.30 bits per heavy atom. The average Bonchev–Trinajstić information content (AvgIpc) is 3.02. The molecular formula is C15H20N2O5S. The monoisotopic (exact) mass is 340 g/mol. The first-order valence-electron chi connectivity index (χ1n) is 7.27. The second kappa shape index (κ2) is 7.45. The quantitative estimate of drug-likeness (QED) is 0.845. The average molecular weight is 340 g/mol. The number of nitrogens with zero attached hydrogens (tertiary/aromatic N) is 1. The van der Waals surface area contributed by atoms with Crippen LogP contribution in [0.25, 0.3) is 0 Å². The minimum absolute atomic E-state index is 0.126. The fraction of sp³-hybridized carbons (Fsp3) is 0.467. The lowest BCUT2D eigenvalue weighted by molar-refractivity contribution is -0.129. The first-order valence-corrected chi connectivity index (χ1v) is 9.23. The molecule has 1 fully saturated rings. The third kappa shape index (κ3) is 5.24. The molecule has 1 heterocycles. The van der Waals surface area contributed by atoms with Crippen LogP contribution in [0.3, 0.4) is 0 Å². The van der Waals surface area contributed by atoms with Crippen molar-refractivity contribution >= 4 is 21.8 Å². The second-order valence-electron chi connectivity index (χ2n) is 5.50. The van der Waals surface area contributed by atoms with E-state index in [1.807, 2.05) is 30.3 Å². The van der Waals surface area contributed by atoms with Crippen molar-refractivity contribution in [2.24, 2.45) is 0 Å². The number of nitrogens with one attached hydrogen (secondary N) is 1. The Balaban J connectivity index is 1.71. The number of benzene rings is 1. The van der Waals surface area contributed by atoms with Gasteiger partial charge in [-0.2, -0.15) is 0 Å². The maximum atomic E-state index is 12.0. The highest BCUT2D eigenvalue weighted by atomic mass is 32.2. The van der Waals surface area contributed by atoms with E-state index in [0.29, 0.717) is 13.0 Å². The van der Waals surface area contributed by atoms with Gasteiger partial charge in [0.15, 0.2) is 9.84 Å². The van der Waals surface area contributed by atoms with Crippen LogP contribution in [0.1, 0.15) is 12.0 Å². The summed E-state index contributed by atoms with van der Waals surface area (Å²) in [7, 11) is -3.15. The van der Waals surface area contributed by atoms with Crippen molar-refractivity contribution in [2.75, 3.05) is 25.9 Å². The van der Waals surface area contributed by atoms with E-state index in [0.717, 1.165) is 5.56 Å². The Kier molecular flexibility index (Phi) is 5.59. The number of carbonyl (C=O) groups excluding carboxylic acids is 2. The zero-order chi connectivity index (χ0) is 16.9. The molecule has 1 saturated heterocycles. The minimum atomic E-state index is -3.15. The van der Waals surface area contributed by atoms with Gasteiger partial charge in [-0.15, -0.1) is 0 Å². The van der Waals surface area contributed by atoms with Crippen molar-refractivity contribution < 1.29 is 22.7 Å². The van der Waals surface area contributed by atoms with Gasteiger partial charge in [0.05, 0.1) is 5.25 Å². The first-order chi connectivity index (χ1) is 10.9. The molecule has 0 radical (unpaired) electrons. The molecule has 1 aliphatic rings. The highest BCUT2D eigenvalue weighted by Crippen LogP contribution is 2.15. The van der Waals surface area contributed by atoms with Crippen molar-refractivity contribution in [3.8, 4) is 0 Å². The summed E-state index contributed by atoms with van der Waals surface area (Å²) in [6.45, 7) is 0.487. The van der Waals surface area contributed by atoms with Crippen LogP contribution in [0.4, 0.5) is 4.79 Å². The Labute approximate surface area is 135 Å². The lowest BCUT2D eigenvalue weighted by atomic mass is 10.2. The zero-order valence-electron chi connectivity index (χ0n) is 12.9. The van der Waals surface area contributed by atoms with E-state index in [9.17, 15) is 18.0 Å². The molecule has 0 aromatic heterocycles. The molecule has 126 valence electrons. The number of carbonyl (C=O) groups is 2. The van der Waals surface area contributed by atoms with E-state index >= 15 is 0 Å². The highest BCUT2D eigenvalue weighted by molar-refractivity contribution is 7.91. The van der Waals surface area contributed by atoms with Crippen LogP contribution in [0.2, 0.25) is 0 Å². The van der Waals surface area contributed by atoms with Gasteiger partial charge in [0.1, 0.15) is 13.2 Å². The van der Waals surface area contributed by atoms with Gasteiger partial charge in [-0.3, -0.25) is 4.79 Å².